The Balaban J connectivity index is 1.88. The summed E-state index contributed by atoms with van der Waals surface area (Å²) < 4.78 is 5.63. The number of aromatic amines is 1. The van der Waals surface area contributed by atoms with Crippen molar-refractivity contribution in [3.8, 4) is 0 Å². The van der Waals surface area contributed by atoms with Gasteiger partial charge in [0.25, 0.3) is 0 Å². The number of nitrogens with zero attached hydrogens (tertiary/aromatic N) is 4. The predicted octanol–water partition coefficient (Wildman–Crippen LogP) is 0.670. The van der Waals surface area contributed by atoms with Crippen molar-refractivity contribution in [3.63, 3.8) is 0 Å². The van der Waals surface area contributed by atoms with Gasteiger partial charge in [-0.1, -0.05) is 0 Å². The van der Waals surface area contributed by atoms with Crippen LogP contribution >= 0.6 is 0 Å². The van der Waals surface area contributed by atoms with Crippen molar-refractivity contribution in [3.05, 3.63) is 24.8 Å². The molecular formula is C14H16N6O. The average Bonchev–Trinajstić information content (AvgIpc) is 2.93. The summed E-state index contributed by atoms with van der Waals surface area (Å²) >= 11 is 0. The topological polar surface area (TPSA) is 93.0 Å². The number of fused-ring (bicyclic) bond motifs is 3. The summed E-state index contributed by atoms with van der Waals surface area (Å²) in [5.41, 5.74) is 7.58. The SMILES string of the molecule is NCC1CN(c2ncnc3[nH]c4ccncc4c23)CCO1. The van der Waals surface area contributed by atoms with Crippen molar-refractivity contribution in [2.45, 2.75) is 6.10 Å². The zero-order valence-electron chi connectivity index (χ0n) is 11.5. The fourth-order valence-electron chi connectivity index (χ4n) is 2.84. The lowest BCUT2D eigenvalue weighted by atomic mass is 10.2. The molecule has 1 unspecified atom stereocenters. The van der Waals surface area contributed by atoms with Crippen molar-refractivity contribution in [2.24, 2.45) is 5.73 Å². The van der Waals surface area contributed by atoms with Gasteiger partial charge in [-0.3, -0.25) is 4.98 Å². The molecule has 21 heavy (non-hydrogen) atoms. The minimum absolute atomic E-state index is 0.0482. The number of aromatic nitrogens is 4. The largest absolute Gasteiger partial charge is 0.373 e. The van der Waals surface area contributed by atoms with Gasteiger partial charge in [-0.2, -0.15) is 0 Å². The molecule has 4 heterocycles. The van der Waals surface area contributed by atoms with E-state index in [4.69, 9.17) is 10.5 Å². The monoisotopic (exact) mass is 284 g/mol. The van der Waals surface area contributed by atoms with Gasteiger partial charge in [0.1, 0.15) is 17.8 Å². The van der Waals surface area contributed by atoms with Crippen molar-refractivity contribution >= 4 is 27.8 Å². The minimum atomic E-state index is 0.0482. The Bertz CT molecular complexity index is 785. The Morgan fingerprint density at radius 2 is 2.38 bits per heavy atom. The number of H-pyrrole nitrogens is 1. The third-order valence-corrected chi connectivity index (χ3v) is 3.87. The lowest BCUT2D eigenvalue weighted by Gasteiger charge is -2.33. The maximum Gasteiger partial charge on any atom is 0.144 e. The Kier molecular flexibility index (Phi) is 2.94. The molecule has 1 aliphatic heterocycles. The molecule has 7 heteroatoms. The first-order valence-corrected chi connectivity index (χ1v) is 7.00. The summed E-state index contributed by atoms with van der Waals surface area (Å²) in [5, 5.41) is 2.05. The molecule has 0 radical (unpaired) electrons. The Morgan fingerprint density at radius 1 is 1.43 bits per heavy atom. The van der Waals surface area contributed by atoms with Crippen molar-refractivity contribution in [2.75, 3.05) is 31.1 Å². The lowest BCUT2D eigenvalue weighted by Crippen LogP contribution is -2.46. The lowest BCUT2D eigenvalue weighted by molar-refractivity contribution is 0.0464. The van der Waals surface area contributed by atoms with E-state index in [2.05, 4.69) is 24.8 Å². The van der Waals surface area contributed by atoms with Gasteiger partial charge in [0, 0.05) is 37.4 Å². The summed E-state index contributed by atoms with van der Waals surface area (Å²) in [6.07, 6.45) is 5.26. The van der Waals surface area contributed by atoms with E-state index in [0.717, 1.165) is 40.8 Å². The molecule has 0 spiro atoms. The van der Waals surface area contributed by atoms with Crippen molar-refractivity contribution in [1.82, 2.24) is 19.9 Å². The molecule has 0 bridgehead atoms. The van der Waals surface area contributed by atoms with E-state index in [9.17, 15) is 0 Å². The molecule has 3 aromatic rings. The van der Waals surface area contributed by atoms with Gasteiger partial charge in [-0.25, -0.2) is 9.97 Å². The summed E-state index contributed by atoms with van der Waals surface area (Å²) in [7, 11) is 0. The second-order valence-corrected chi connectivity index (χ2v) is 5.14. The molecule has 3 N–H and O–H groups in total. The van der Waals surface area contributed by atoms with E-state index in [1.807, 2.05) is 12.3 Å². The second-order valence-electron chi connectivity index (χ2n) is 5.14. The number of hydrogen-bond donors (Lipinski definition) is 2. The molecule has 0 aromatic carbocycles. The van der Waals surface area contributed by atoms with Gasteiger partial charge in [-0.15, -0.1) is 0 Å². The highest BCUT2D eigenvalue weighted by Gasteiger charge is 2.23. The van der Waals surface area contributed by atoms with E-state index in [1.165, 1.54) is 0 Å². The van der Waals surface area contributed by atoms with Gasteiger partial charge in [0.2, 0.25) is 0 Å². The quantitative estimate of drug-likeness (QED) is 0.718. The Labute approximate surface area is 121 Å². The number of ether oxygens (including phenoxy) is 1. The standard InChI is InChI=1S/C14H16N6O/c15-5-9-7-20(3-4-21-9)14-12-10-6-16-2-1-11(10)19-13(12)17-8-18-14/h1-2,6,8-9H,3-5,7,15H2,(H,17,18,19). The highest BCUT2D eigenvalue weighted by atomic mass is 16.5. The van der Waals surface area contributed by atoms with Crippen LogP contribution in [0.25, 0.3) is 21.9 Å². The first-order valence-electron chi connectivity index (χ1n) is 7.00. The van der Waals surface area contributed by atoms with Crippen LogP contribution < -0.4 is 10.6 Å². The molecule has 4 rings (SSSR count). The van der Waals surface area contributed by atoms with Crippen LogP contribution in [0.5, 0.6) is 0 Å². The third-order valence-electron chi connectivity index (χ3n) is 3.87. The summed E-state index contributed by atoms with van der Waals surface area (Å²) in [6, 6.07) is 1.95. The van der Waals surface area contributed by atoms with Crippen molar-refractivity contribution in [1.29, 1.82) is 0 Å². The molecule has 1 saturated heterocycles. The number of rotatable bonds is 2. The van der Waals surface area contributed by atoms with Crippen LogP contribution in [-0.2, 0) is 4.74 Å². The molecule has 1 atom stereocenters. The predicted molar refractivity (Wildman–Crippen MR) is 80.2 cm³/mol. The van der Waals surface area contributed by atoms with Gasteiger partial charge in [-0.05, 0) is 6.07 Å². The van der Waals surface area contributed by atoms with Gasteiger partial charge >= 0.3 is 0 Å². The Morgan fingerprint density at radius 3 is 3.29 bits per heavy atom. The first kappa shape index (κ1) is 12.5. The van der Waals surface area contributed by atoms with Gasteiger partial charge in [0.15, 0.2) is 0 Å². The van der Waals surface area contributed by atoms with Crippen molar-refractivity contribution < 1.29 is 4.74 Å². The van der Waals surface area contributed by atoms with Gasteiger partial charge < -0.3 is 20.4 Å². The minimum Gasteiger partial charge on any atom is -0.373 e. The molecule has 0 saturated carbocycles. The van der Waals surface area contributed by atoms with Crippen LogP contribution in [0.3, 0.4) is 0 Å². The number of nitrogens with two attached hydrogens (primary N) is 1. The first-order chi connectivity index (χ1) is 10.4. The zero-order valence-corrected chi connectivity index (χ0v) is 11.5. The molecular weight excluding hydrogens is 268 g/mol. The van der Waals surface area contributed by atoms with Crippen LogP contribution in [-0.4, -0.2) is 52.3 Å². The summed E-state index contributed by atoms with van der Waals surface area (Å²) in [6.45, 7) is 2.72. The third kappa shape index (κ3) is 2.01. The van der Waals surface area contributed by atoms with Crippen LogP contribution in [0.4, 0.5) is 5.82 Å². The summed E-state index contributed by atoms with van der Waals surface area (Å²) in [4.78, 5) is 18.6. The van der Waals surface area contributed by atoms with E-state index in [0.29, 0.717) is 13.2 Å². The fourth-order valence-corrected chi connectivity index (χ4v) is 2.84. The second kappa shape index (κ2) is 4.94. The number of hydrogen-bond acceptors (Lipinski definition) is 6. The number of nitrogens with one attached hydrogen (secondary N) is 1. The molecule has 0 amide bonds. The van der Waals surface area contributed by atoms with Crippen LogP contribution in [0.15, 0.2) is 24.8 Å². The smallest absolute Gasteiger partial charge is 0.144 e. The van der Waals surface area contributed by atoms with E-state index >= 15 is 0 Å². The van der Waals surface area contributed by atoms with E-state index < -0.39 is 0 Å². The molecule has 108 valence electrons. The Hall–Kier alpha value is -2.25. The van der Waals surface area contributed by atoms with Crippen LogP contribution in [0.1, 0.15) is 0 Å². The fraction of sp³-hybridized carbons (Fsp3) is 0.357. The average molecular weight is 284 g/mol. The number of anilines is 1. The number of pyridine rings is 1. The maximum atomic E-state index is 5.73. The van der Waals surface area contributed by atoms with Crippen LogP contribution in [0, 0.1) is 0 Å². The number of morpholine rings is 1. The molecule has 0 aliphatic carbocycles. The molecule has 1 aliphatic rings. The van der Waals surface area contributed by atoms with E-state index in [1.54, 1.807) is 12.5 Å². The zero-order chi connectivity index (χ0) is 14.2. The highest BCUT2D eigenvalue weighted by Crippen LogP contribution is 2.30. The van der Waals surface area contributed by atoms with E-state index in [-0.39, 0.29) is 6.10 Å². The molecule has 3 aromatic heterocycles. The van der Waals surface area contributed by atoms with Crippen LogP contribution in [0.2, 0.25) is 0 Å². The summed E-state index contributed by atoms with van der Waals surface area (Å²) in [5.74, 6) is 0.918. The maximum absolute atomic E-state index is 5.73. The molecule has 7 nitrogen and oxygen atoms in total. The van der Waals surface area contributed by atoms with Gasteiger partial charge in [0.05, 0.1) is 23.6 Å². The normalized spacial score (nSPS) is 19.5. The molecule has 1 fully saturated rings. The highest BCUT2D eigenvalue weighted by molar-refractivity contribution is 6.10.